The van der Waals surface area contributed by atoms with Crippen molar-refractivity contribution >= 4 is 5.91 Å². The van der Waals surface area contributed by atoms with Crippen LogP contribution < -0.4 is 5.73 Å². The second-order valence-electron chi connectivity index (χ2n) is 3.65. The van der Waals surface area contributed by atoms with Gasteiger partial charge in [0.1, 0.15) is 0 Å². The van der Waals surface area contributed by atoms with Gasteiger partial charge in [-0.3, -0.25) is 9.69 Å². The summed E-state index contributed by atoms with van der Waals surface area (Å²) in [4.78, 5) is 15.4. The maximum Gasteiger partial charge on any atom is 0.219 e. The predicted molar refractivity (Wildman–Crippen MR) is 52.3 cm³/mol. The summed E-state index contributed by atoms with van der Waals surface area (Å²) >= 11 is 0. The lowest BCUT2D eigenvalue weighted by Gasteiger charge is -2.39. The van der Waals surface area contributed by atoms with E-state index in [0.29, 0.717) is 12.6 Å². The van der Waals surface area contributed by atoms with Gasteiger partial charge in [0.05, 0.1) is 0 Å². The molecule has 1 unspecified atom stereocenters. The van der Waals surface area contributed by atoms with Crippen molar-refractivity contribution in [1.29, 1.82) is 0 Å². The van der Waals surface area contributed by atoms with Gasteiger partial charge in [-0.05, 0) is 6.92 Å². The van der Waals surface area contributed by atoms with Crippen LogP contribution in [-0.2, 0) is 4.79 Å². The zero-order valence-corrected chi connectivity index (χ0v) is 8.49. The topological polar surface area (TPSA) is 49.6 Å². The average Bonchev–Trinajstić information content (AvgIpc) is 2.04. The van der Waals surface area contributed by atoms with E-state index in [9.17, 15) is 4.79 Å². The largest absolute Gasteiger partial charge is 0.338 e. The molecule has 1 saturated heterocycles. The normalized spacial score (nSPS) is 24.8. The highest BCUT2D eigenvalue weighted by molar-refractivity contribution is 5.73. The summed E-state index contributed by atoms with van der Waals surface area (Å²) in [6.45, 7) is 8.12. The number of hydrogen-bond donors (Lipinski definition) is 1. The van der Waals surface area contributed by atoms with E-state index >= 15 is 0 Å². The monoisotopic (exact) mass is 185 g/mol. The van der Waals surface area contributed by atoms with Crippen molar-refractivity contribution in [1.82, 2.24) is 9.80 Å². The number of nitrogens with two attached hydrogens (primary N) is 1. The summed E-state index contributed by atoms with van der Waals surface area (Å²) in [7, 11) is 0. The molecule has 0 aromatic carbocycles. The van der Waals surface area contributed by atoms with E-state index in [1.165, 1.54) is 0 Å². The molecule has 1 fully saturated rings. The van der Waals surface area contributed by atoms with Crippen LogP contribution in [0.1, 0.15) is 13.8 Å². The maximum atomic E-state index is 11.2. The second kappa shape index (κ2) is 4.58. The van der Waals surface area contributed by atoms with Gasteiger partial charge in [-0.15, -0.1) is 0 Å². The van der Waals surface area contributed by atoms with Gasteiger partial charge in [0.2, 0.25) is 5.91 Å². The third kappa shape index (κ3) is 2.67. The van der Waals surface area contributed by atoms with Crippen LogP contribution in [0.5, 0.6) is 0 Å². The van der Waals surface area contributed by atoms with Crippen LogP contribution in [0, 0.1) is 0 Å². The van der Waals surface area contributed by atoms with Gasteiger partial charge in [0.25, 0.3) is 0 Å². The Balaban J connectivity index is 2.42. The lowest BCUT2D eigenvalue weighted by atomic mass is 10.2. The Morgan fingerprint density at radius 1 is 1.54 bits per heavy atom. The van der Waals surface area contributed by atoms with Gasteiger partial charge < -0.3 is 10.6 Å². The number of carbonyl (C=O) groups is 1. The SMILES string of the molecule is CC(=O)N1CCN(CCN)CC1C. The molecule has 0 bridgehead atoms. The van der Waals surface area contributed by atoms with E-state index in [0.717, 1.165) is 26.2 Å². The van der Waals surface area contributed by atoms with Crippen molar-refractivity contribution in [2.45, 2.75) is 19.9 Å². The van der Waals surface area contributed by atoms with Crippen LogP contribution in [0.3, 0.4) is 0 Å². The zero-order chi connectivity index (χ0) is 9.84. The van der Waals surface area contributed by atoms with E-state index in [2.05, 4.69) is 11.8 Å². The Bertz CT molecular complexity index is 184. The Morgan fingerprint density at radius 3 is 2.69 bits per heavy atom. The highest BCUT2D eigenvalue weighted by Gasteiger charge is 2.24. The van der Waals surface area contributed by atoms with E-state index in [1.807, 2.05) is 4.90 Å². The molecule has 2 N–H and O–H groups in total. The van der Waals surface area contributed by atoms with E-state index < -0.39 is 0 Å². The zero-order valence-electron chi connectivity index (χ0n) is 8.49. The third-order valence-corrected chi connectivity index (χ3v) is 2.56. The molecule has 1 aliphatic rings. The molecular formula is C9H19N3O. The number of rotatable bonds is 2. The Morgan fingerprint density at radius 2 is 2.23 bits per heavy atom. The predicted octanol–water partition coefficient (Wildman–Crippen LogP) is -0.502. The highest BCUT2D eigenvalue weighted by Crippen LogP contribution is 2.08. The summed E-state index contributed by atoms with van der Waals surface area (Å²) in [5.74, 6) is 0.180. The molecule has 1 amide bonds. The van der Waals surface area contributed by atoms with Crippen molar-refractivity contribution in [2.24, 2.45) is 5.73 Å². The Labute approximate surface area is 79.7 Å². The standard InChI is InChI=1S/C9H19N3O/c1-8-7-11(4-3-10)5-6-12(8)9(2)13/h8H,3-7,10H2,1-2H3. The molecule has 4 heteroatoms. The molecule has 0 aliphatic carbocycles. The van der Waals surface area contributed by atoms with Crippen LogP contribution in [0.25, 0.3) is 0 Å². The van der Waals surface area contributed by atoms with Gasteiger partial charge in [-0.2, -0.15) is 0 Å². The lowest BCUT2D eigenvalue weighted by Crippen LogP contribution is -2.54. The molecule has 1 aliphatic heterocycles. The molecule has 76 valence electrons. The minimum atomic E-state index is 0.180. The Kier molecular flexibility index (Phi) is 3.69. The molecule has 0 aromatic heterocycles. The van der Waals surface area contributed by atoms with Crippen LogP contribution in [0.2, 0.25) is 0 Å². The van der Waals surface area contributed by atoms with Crippen LogP contribution in [0.4, 0.5) is 0 Å². The first kappa shape index (κ1) is 10.5. The van der Waals surface area contributed by atoms with Gasteiger partial charge in [0.15, 0.2) is 0 Å². The highest BCUT2D eigenvalue weighted by atomic mass is 16.2. The number of carbonyl (C=O) groups excluding carboxylic acids is 1. The first-order chi connectivity index (χ1) is 6.15. The summed E-state index contributed by atoms with van der Waals surface area (Å²) < 4.78 is 0. The fraction of sp³-hybridized carbons (Fsp3) is 0.889. The fourth-order valence-corrected chi connectivity index (χ4v) is 1.89. The van der Waals surface area contributed by atoms with Crippen LogP contribution in [0.15, 0.2) is 0 Å². The van der Waals surface area contributed by atoms with Gasteiger partial charge in [-0.1, -0.05) is 0 Å². The molecule has 0 radical (unpaired) electrons. The molecule has 0 saturated carbocycles. The summed E-state index contributed by atoms with van der Waals surface area (Å²) in [6, 6.07) is 0.331. The van der Waals surface area contributed by atoms with E-state index in [1.54, 1.807) is 6.92 Å². The van der Waals surface area contributed by atoms with Crippen molar-refractivity contribution in [2.75, 3.05) is 32.7 Å². The van der Waals surface area contributed by atoms with Crippen LogP contribution in [-0.4, -0.2) is 54.5 Å². The van der Waals surface area contributed by atoms with Crippen molar-refractivity contribution in [3.63, 3.8) is 0 Å². The molecule has 1 atom stereocenters. The van der Waals surface area contributed by atoms with Crippen molar-refractivity contribution in [3.8, 4) is 0 Å². The minimum absolute atomic E-state index is 0.180. The van der Waals surface area contributed by atoms with Gasteiger partial charge >= 0.3 is 0 Å². The number of nitrogens with zero attached hydrogens (tertiary/aromatic N) is 2. The van der Waals surface area contributed by atoms with Crippen molar-refractivity contribution < 1.29 is 4.79 Å². The fourth-order valence-electron chi connectivity index (χ4n) is 1.89. The van der Waals surface area contributed by atoms with E-state index in [4.69, 9.17) is 5.73 Å². The molecular weight excluding hydrogens is 166 g/mol. The molecule has 0 spiro atoms. The first-order valence-electron chi connectivity index (χ1n) is 4.84. The van der Waals surface area contributed by atoms with Crippen molar-refractivity contribution in [3.05, 3.63) is 0 Å². The lowest BCUT2D eigenvalue weighted by molar-refractivity contribution is -0.133. The van der Waals surface area contributed by atoms with Crippen LogP contribution >= 0.6 is 0 Å². The molecule has 1 heterocycles. The molecule has 4 nitrogen and oxygen atoms in total. The third-order valence-electron chi connectivity index (χ3n) is 2.56. The van der Waals surface area contributed by atoms with E-state index in [-0.39, 0.29) is 5.91 Å². The summed E-state index contributed by atoms with van der Waals surface area (Å²) in [5.41, 5.74) is 5.48. The minimum Gasteiger partial charge on any atom is -0.338 e. The van der Waals surface area contributed by atoms with Gasteiger partial charge in [-0.25, -0.2) is 0 Å². The Hall–Kier alpha value is -0.610. The molecule has 0 aromatic rings. The number of hydrogen-bond acceptors (Lipinski definition) is 3. The number of amides is 1. The second-order valence-corrected chi connectivity index (χ2v) is 3.65. The molecule has 13 heavy (non-hydrogen) atoms. The molecule has 1 rings (SSSR count). The first-order valence-corrected chi connectivity index (χ1v) is 4.84. The maximum absolute atomic E-state index is 11.2. The smallest absolute Gasteiger partial charge is 0.219 e. The number of piperazine rings is 1. The quantitative estimate of drug-likeness (QED) is 0.631. The average molecular weight is 185 g/mol. The summed E-state index contributed by atoms with van der Waals surface area (Å²) in [5, 5.41) is 0. The van der Waals surface area contributed by atoms with Gasteiger partial charge in [0, 0.05) is 45.7 Å². The summed E-state index contributed by atoms with van der Waals surface area (Å²) in [6.07, 6.45) is 0.